The zero-order valence-corrected chi connectivity index (χ0v) is 10.6. The number of hydrogen-bond donors (Lipinski definition) is 1. The lowest BCUT2D eigenvalue weighted by atomic mass is 9.76. The average molecular weight is 214 g/mol. The van der Waals surface area contributed by atoms with Crippen LogP contribution in [0.5, 0.6) is 0 Å². The molecule has 0 aromatic carbocycles. The molecule has 5 atom stereocenters. The molecule has 1 rings (SSSR count). The normalized spacial score (nSPS) is 41.8. The zero-order valence-electron chi connectivity index (χ0n) is 10.6. The van der Waals surface area contributed by atoms with Crippen LogP contribution in [0.2, 0.25) is 0 Å². The second-order valence-corrected chi connectivity index (χ2v) is 5.11. The molecule has 0 spiro atoms. The summed E-state index contributed by atoms with van der Waals surface area (Å²) in [6, 6.07) is 0. The molecule has 5 unspecified atom stereocenters. The van der Waals surface area contributed by atoms with Crippen LogP contribution in [-0.4, -0.2) is 17.5 Å². The Morgan fingerprint density at radius 3 is 2.33 bits per heavy atom. The second kappa shape index (κ2) is 5.86. The van der Waals surface area contributed by atoms with Gasteiger partial charge in [-0.05, 0) is 25.2 Å². The van der Waals surface area contributed by atoms with Gasteiger partial charge in [0.2, 0.25) is 0 Å². The fourth-order valence-electron chi connectivity index (χ4n) is 2.65. The van der Waals surface area contributed by atoms with E-state index in [1.165, 1.54) is 25.7 Å². The molecule has 0 bridgehead atoms. The minimum Gasteiger partial charge on any atom is -0.368 e. The van der Waals surface area contributed by atoms with E-state index in [0.717, 1.165) is 0 Å². The van der Waals surface area contributed by atoms with Crippen molar-refractivity contribution in [3.8, 4) is 0 Å². The van der Waals surface area contributed by atoms with Crippen molar-refractivity contribution >= 4 is 0 Å². The molecule has 1 saturated heterocycles. The molecule has 0 aliphatic carbocycles. The quantitative estimate of drug-likeness (QED) is 0.728. The van der Waals surface area contributed by atoms with Crippen LogP contribution in [0.4, 0.5) is 0 Å². The predicted octanol–water partition coefficient (Wildman–Crippen LogP) is 3.19. The van der Waals surface area contributed by atoms with Crippen molar-refractivity contribution in [2.45, 2.75) is 65.8 Å². The molecule has 2 heteroatoms. The third kappa shape index (κ3) is 3.18. The van der Waals surface area contributed by atoms with Gasteiger partial charge in [0.15, 0.2) is 6.29 Å². The first-order chi connectivity index (χ1) is 7.07. The van der Waals surface area contributed by atoms with E-state index in [-0.39, 0.29) is 12.0 Å². The molecule has 90 valence electrons. The Hall–Kier alpha value is -0.0800. The van der Waals surface area contributed by atoms with Crippen LogP contribution in [0, 0.1) is 17.8 Å². The average Bonchev–Trinajstić information content (AvgIpc) is 2.20. The van der Waals surface area contributed by atoms with Gasteiger partial charge in [-0.2, -0.15) is 0 Å². The minimum absolute atomic E-state index is 0.211. The SMILES string of the molecule is CCCCCC1C(C)OC(O)C(C)C1C. The van der Waals surface area contributed by atoms with E-state index >= 15 is 0 Å². The van der Waals surface area contributed by atoms with Gasteiger partial charge in [0, 0.05) is 5.92 Å². The maximum absolute atomic E-state index is 9.69. The zero-order chi connectivity index (χ0) is 11.4. The molecular weight excluding hydrogens is 188 g/mol. The van der Waals surface area contributed by atoms with Gasteiger partial charge in [-0.25, -0.2) is 0 Å². The van der Waals surface area contributed by atoms with Crippen molar-refractivity contribution in [3.63, 3.8) is 0 Å². The summed E-state index contributed by atoms with van der Waals surface area (Å²) in [6.07, 6.45) is 4.77. The molecular formula is C13H26O2. The standard InChI is InChI=1S/C13H26O2/c1-5-6-7-8-12-9(2)10(3)13(14)15-11(12)4/h9-14H,5-8H2,1-4H3. The van der Waals surface area contributed by atoms with E-state index in [2.05, 4.69) is 27.7 Å². The van der Waals surface area contributed by atoms with Crippen LogP contribution in [-0.2, 0) is 4.74 Å². The number of aliphatic hydroxyl groups excluding tert-OH is 1. The highest BCUT2D eigenvalue weighted by Crippen LogP contribution is 2.36. The molecule has 15 heavy (non-hydrogen) atoms. The van der Waals surface area contributed by atoms with Gasteiger partial charge in [-0.1, -0.05) is 40.0 Å². The van der Waals surface area contributed by atoms with Crippen LogP contribution in [0.1, 0.15) is 53.4 Å². The van der Waals surface area contributed by atoms with Crippen molar-refractivity contribution in [1.29, 1.82) is 0 Å². The summed E-state index contributed by atoms with van der Waals surface area (Å²) in [6.45, 7) is 8.68. The van der Waals surface area contributed by atoms with E-state index in [1.807, 2.05) is 0 Å². The van der Waals surface area contributed by atoms with Gasteiger partial charge in [0.1, 0.15) is 0 Å². The molecule has 0 saturated carbocycles. The smallest absolute Gasteiger partial charge is 0.157 e. The van der Waals surface area contributed by atoms with Gasteiger partial charge in [-0.15, -0.1) is 0 Å². The van der Waals surface area contributed by atoms with Gasteiger partial charge < -0.3 is 9.84 Å². The second-order valence-electron chi connectivity index (χ2n) is 5.11. The van der Waals surface area contributed by atoms with Crippen LogP contribution in [0.15, 0.2) is 0 Å². The summed E-state index contributed by atoms with van der Waals surface area (Å²) in [5.74, 6) is 1.46. The highest BCUT2D eigenvalue weighted by molar-refractivity contribution is 4.82. The highest BCUT2D eigenvalue weighted by Gasteiger charge is 2.37. The first-order valence-corrected chi connectivity index (χ1v) is 6.41. The summed E-state index contributed by atoms with van der Waals surface area (Å²) in [7, 11) is 0. The Balaban J connectivity index is 2.46. The summed E-state index contributed by atoms with van der Waals surface area (Å²) in [4.78, 5) is 0. The number of hydrogen-bond acceptors (Lipinski definition) is 2. The summed E-state index contributed by atoms with van der Waals surface area (Å²) < 4.78 is 5.57. The molecule has 1 aliphatic rings. The monoisotopic (exact) mass is 214 g/mol. The van der Waals surface area contributed by atoms with Crippen molar-refractivity contribution in [2.75, 3.05) is 0 Å². The van der Waals surface area contributed by atoms with Crippen molar-refractivity contribution < 1.29 is 9.84 Å². The van der Waals surface area contributed by atoms with E-state index < -0.39 is 6.29 Å². The number of unbranched alkanes of at least 4 members (excludes halogenated alkanes) is 2. The van der Waals surface area contributed by atoms with Gasteiger partial charge in [-0.3, -0.25) is 0 Å². The molecule has 0 aromatic rings. The van der Waals surface area contributed by atoms with Crippen LogP contribution >= 0.6 is 0 Å². The van der Waals surface area contributed by atoms with Crippen LogP contribution < -0.4 is 0 Å². The fraction of sp³-hybridized carbons (Fsp3) is 1.00. The minimum atomic E-state index is -0.558. The summed E-state index contributed by atoms with van der Waals surface area (Å²) in [5, 5.41) is 9.69. The highest BCUT2D eigenvalue weighted by atomic mass is 16.6. The van der Waals surface area contributed by atoms with Crippen LogP contribution in [0.25, 0.3) is 0 Å². The lowest BCUT2D eigenvalue weighted by Crippen LogP contribution is -2.44. The maximum atomic E-state index is 9.69. The fourth-order valence-corrected chi connectivity index (χ4v) is 2.65. The first-order valence-electron chi connectivity index (χ1n) is 6.41. The van der Waals surface area contributed by atoms with Gasteiger partial charge in [0.25, 0.3) is 0 Å². The number of ether oxygens (including phenoxy) is 1. The predicted molar refractivity (Wildman–Crippen MR) is 62.5 cm³/mol. The third-order valence-corrected chi connectivity index (χ3v) is 4.05. The van der Waals surface area contributed by atoms with E-state index in [4.69, 9.17) is 4.74 Å². The number of aliphatic hydroxyl groups is 1. The molecule has 1 heterocycles. The van der Waals surface area contributed by atoms with E-state index in [9.17, 15) is 5.11 Å². The molecule has 1 fully saturated rings. The lowest BCUT2D eigenvalue weighted by molar-refractivity contribution is -0.223. The summed E-state index contributed by atoms with van der Waals surface area (Å²) >= 11 is 0. The van der Waals surface area contributed by atoms with Crippen molar-refractivity contribution in [1.82, 2.24) is 0 Å². The van der Waals surface area contributed by atoms with Crippen molar-refractivity contribution in [2.24, 2.45) is 17.8 Å². The Kier molecular flexibility index (Phi) is 5.07. The molecule has 0 aromatic heterocycles. The third-order valence-electron chi connectivity index (χ3n) is 4.05. The lowest BCUT2D eigenvalue weighted by Gasteiger charge is -2.42. The molecule has 0 radical (unpaired) electrons. The van der Waals surface area contributed by atoms with Crippen molar-refractivity contribution in [3.05, 3.63) is 0 Å². The van der Waals surface area contributed by atoms with Crippen LogP contribution in [0.3, 0.4) is 0 Å². The number of rotatable bonds is 4. The Morgan fingerprint density at radius 2 is 1.73 bits per heavy atom. The largest absolute Gasteiger partial charge is 0.368 e. The molecule has 1 N–H and O–H groups in total. The Labute approximate surface area is 94.0 Å². The van der Waals surface area contributed by atoms with Gasteiger partial charge >= 0.3 is 0 Å². The van der Waals surface area contributed by atoms with E-state index in [1.54, 1.807) is 0 Å². The maximum Gasteiger partial charge on any atom is 0.157 e. The molecule has 0 amide bonds. The Bertz CT molecular complexity index is 181. The first kappa shape index (κ1) is 13.0. The topological polar surface area (TPSA) is 29.5 Å². The molecule has 2 nitrogen and oxygen atoms in total. The molecule has 1 aliphatic heterocycles. The van der Waals surface area contributed by atoms with Gasteiger partial charge in [0.05, 0.1) is 6.10 Å². The Morgan fingerprint density at radius 1 is 1.07 bits per heavy atom. The van der Waals surface area contributed by atoms with E-state index in [0.29, 0.717) is 11.8 Å². The summed E-state index contributed by atoms with van der Waals surface area (Å²) in [5.41, 5.74) is 0.